The highest BCUT2D eigenvalue weighted by Crippen LogP contribution is 2.15. The van der Waals surface area contributed by atoms with Gasteiger partial charge in [-0.25, -0.2) is 4.79 Å². The van der Waals surface area contributed by atoms with Crippen LogP contribution in [0.2, 0.25) is 0 Å². The van der Waals surface area contributed by atoms with Gasteiger partial charge in [0.2, 0.25) is 0 Å². The minimum Gasteiger partial charge on any atom is -0.478 e. The van der Waals surface area contributed by atoms with E-state index in [1.807, 2.05) is 18.2 Å². The molecule has 0 amide bonds. The number of nitrogens with one attached hydrogen (secondary N) is 1. The summed E-state index contributed by atoms with van der Waals surface area (Å²) in [4.78, 5) is 13.6. The van der Waals surface area contributed by atoms with Crippen LogP contribution in [0, 0.1) is 0 Å². The molecule has 0 saturated heterocycles. The Morgan fingerprint density at radius 2 is 2.19 bits per heavy atom. The lowest BCUT2D eigenvalue weighted by molar-refractivity contribution is -0.131. The number of allylic oxidation sites excluding steroid dienone is 1. The molecule has 0 bridgehead atoms. The lowest BCUT2D eigenvalue weighted by Gasteiger charge is -1.91. The molecular formula is C13H13NO2. The first-order chi connectivity index (χ1) is 7.75. The average molecular weight is 215 g/mol. The maximum Gasteiger partial charge on any atom is 0.327 e. The lowest BCUT2D eigenvalue weighted by Crippen LogP contribution is -1.87. The topological polar surface area (TPSA) is 53.1 Å². The molecule has 3 heteroatoms. The van der Waals surface area contributed by atoms with E-state index in [0.717, 1.165) is 24.1 Å². The molecule has 0 radical (unpaired) electrons. The summed E-state index contributed by atoms with van der Waals surface area (Å²) in [5.74, 6) is -0.892. The summed E-state index contributed by atoms with van der Waals surface area (Å²) in [6, 6.07) is 10.2. The molecule has 1 aromatic heterocycles. The van der Waals surface area contributed by atoms with Gasteiger partial charge in [-0.1, -0.05) is 24.3 Å². The number of hydrogen-bond acceptors (Lipinski definition) is 1. The molecule has 0 aliphatic rings. The first-order valence-electron chi connectivity index (χ1n) is 5.22. The molecule has 2 N–H and O–H groups in total. The highest BCUT2D eigenvalue weighted by molar-refractivity contribution is 5.80. The van der Waals surface area contributed by atoms with Crippen molar-refractivity contribution in [2.45, 2.75) is 12.8 Å². The molecule has 2 rings (SSSR count). The van der Waals surface area contributed by atoms with Crippen molar-refractivity contribution in [2.24, 2.45) is 0 Å². The molecule has 0 aliphatic heterocycles. The number of carbonyl (C=O) groups is 1. The molecule has 0 spiro atoms. The summed E-state index contributed by atoms with van der Waals surface area (Å²) in [6.07, 6.45) is 4.42. The van der Waals surface area contributed by atoms with Crippen LogP contribution < -0.4 is 0 Å². The Balaban J connectivity index is 2.02. The van der Waals surface area contributed by atoms with E-state index in [-0.39, 0.29) is 0 Å². The van der Waals surface area contributed by atoms with Crippen molar-refractivity contribution in [1.82, 2.24) is 4.98 Å². The number of H-pyrrole nitrogens is 1. The number of rotatable bonds is 4. The fourth-order valence-corrected chi connectivity index (χ4v) is 1.69. The van der Waals surface area contributed by atoms with Crippen molar-refractivity contribution in [3.63, 3.8) is 0 Å². The molecule has 1 aromatic carbocycles. The summed E-state index contributed by atoms with van der Waals surface area (Å²) in [7, 11) is 0. The number of aliphatic carboxylic acids is 1. The summed E-state index contributed by atoms with van der Waals surface area (Å²) in [5, 5.41) is 9.62. The van der Waals surface area contributed by atoms with Gasteiger partial charge in [0.15, 0.2) is 0 Å². The van der Waals surface area contributed by atoms with E-state index in [1.165, 1.54) is 11.5 Å². The molecule has 0 fully saturated rings. The van der Waals surface area contributed by atoms with Crippen molar-refractivity contribution >= 4 is 16.9 Å². The van der Waals surface area contributed by atoms with Crippen LogP contribution >= 0.6 is 0 Å². The lowest BCUT2D eigenvalue weighted by atomic mass is 10.2. The van der Waals surface area contributed by atoms with Crippen LogP contribution in [0.5, 0.6) is 0 Å². The Kier molecular flexibility index (Phi) is 3.05. The van der Waals surface area contributed by atoms with Crippen molar-refractivity contribution in [1.29, 1.82) is 0 Å². The number of hydrogen-bond donors (Lipinski definition) is 2. The number of aromatic nitrogens is 1. The zero-order valence-electron chi connectivity index (χ0n) is 8.81. The maximum absolute atomic E-state index is 10.3. The zero-order chi connectivity index (χ0) is 11.4. The molecule has 0 saturated carbocycles. The molecule has 2 aromatic rings. The van der Waals surface area contributed by atoms with Gasteiger partial charge in [0, 0.05) is 17.3 Å². The van der Waals surface area contributed by atoms with Gasteiger partial charge in [0.1, 0.15) is 0 Å². The summed E-state index contributed by atoms with van der Waals surface area (Å²) in [5.41, 5.74) is 2.26. The van der Waals surface area contributed by atoms with E-state index in [2.05, 4.69) is 17.1 Å². The van der Waals surface area contributed by atoms with Crippen LogP contribution in [0.15, 0.2) is 42.5 Å². The second kappa shape index (κ2) is 4.66. The first-order valence-corrected chi connectivity index (χ1v) is 5.22. The molecule has 0 unspecified atom stereocenters. The van der Waals surface area contributed by atoms with Crippen molar-refractivity contribution in [2.75, 3.05) is 0 Å². The molecule has 16 heavy (non-hydrogen) atoms. The van der Waals surface area contributed by atoms with Gasteiger partial charge in [0.05, 0.1) is 0 Å². The van der Waals surface area contributed by atoms with Gasteiger partial charge in [-0.15, -0.1) is 0 Å². The van der Waals surface area contributed by atoms with E-state index >= 15 is 0 Å². The van der Waals surface area contributed by atoms with Crippen LogP contribution in [-0.4, -0.2) is 16.1 Å². The van der Waals surface area contributed by atoms with Gasteiger partial charge >= 0.3 is 5.97 Å². The van der Waals surface area contributed by atoms with Gasteiger partial charge in [-0.3, -0.25) is 0 Å². The third-order valence-electron chi connectivity index (χ3n) is 2.43. The van der Waals surface area contributed by atoms with Crippen LogP contribution in [-0.2, 0) is 11.2 Å². The largest absolute Gasteiger partial charge is 0.478 e. The standard InChI is InChI=1S/C13H13NO2/c15-13(16)8-4-2-6-11-9-10-5-1-3-7-12(10)14-11/h1,3-5,7-9,14H,2,6H2,(H,15,16)/b8-4+. The van der Waals surface area contributed by atoms with Gasteiger partial charge < -0.3 is 10.1 Å². The third-order valence-corrected chi connectivity index (χ3v) is 2.43. The Hall–Kier alpha value is -2.03. The molecular weight excluding hydrogens is 202 g/mol. The zero-order valence-corrected chi connectivity index (χ0v) is 8.81. The minimum atomic E-state index is -0.892. The molecule has 0 atom stereocenters. The van der Waals surface area contributed by atoms with Gasteiger partial charge in [0.25, 0.3) is 0 Å². The number of fused-ring (bicyclic) bond motifs is 1. The minimum absolute atomic E-state index is 0.735. The number of carboxylic acid groups (broad SMARTS) is 1. The van der Waals surface area contributed by atoms with Crippen LogP contribution in [0.3, 0.4) is 0 Å². The second-order valence-corrected chi connectivity index (χ2v) is 3.66. The van der Waals surface area contributed by atoms with Crippen LogP contribution in [0.25, 0.3) is 10.9 Å². The highest BCUT2D eigenvalue weighted by atomic mass is 16.4. The Labute approximate surface area is 93.4 Å². The maximum atomic E-state index is 10.3. The second-order valence-electron chi connectivity index (χ2n) is 3.66. The monoisotopic (exact) mass is 215 g/mol. The van der Waals surface area contributed by atoms with E-state index in [1.54, 1.807) is 6.08 Å². The first kappa shape index (κ1) is 10.5. The summed E-state index contributed by atoms with van der Waals surface area (Å²) in [6.45, 7) is 0. The number of benzene rings is 1. The van der Waals surface area contributed by atoms with E-state index in [9.17, 15) is 4.79 Å². The Morgan fingerprint density at radius 1 is 1.38 bits per heavy atom. The Bertz CT molecular complexity index is 492. The highest BCUT2D eigenvalue weighted by Gasteiger charge is 1.98. The van der Waals surface area contributed by atoms with E-state index in [0.29, 0.717) is 0 Å². The van der Waals surface area contributed by atoms with Crippen molar-refractivity contribution < 1.29 is 9.90 Å². The molecule has 1 heterocycles. The number of para-hydroxylation sites is 1. The average Bonchev–Trinajstić information content (AvgIpc) is 2.66. The SMILES string of the molecule is O=C(O)/C=C/CCc1cc2ccccc2[nH]1. The van der Waals surface area contributed by atoms with E-state index < -0.39 is 5.97 Å². The fraction of sp³-hybridized carbons (Fsp3) is 0.154. The van der Waals surface area contributed by atoms with Crippen molar-refractivity contribution in [3.05, 3.63) is 48.2 Å². The normalized spacial score (nSPS) is 11.2. The quantitative estimate of drug-likeness (QED) is 0.770. The predicted molar refractivity (Wildman–Crippen MR) is 63.4 cm³/mol. The van der Waals surface area contributed by atoms with Crippen LogP contribution in [0.1, 0.15) is 12.1 Å². The molecule has 3 nitrogen and oxygen atoms in total. The van der Waals surface area contributed by atoms with Gasteiger partial charge in [-0.05, 0) is 30.4 Å². The summed E-state index contributed by atoms with van der Waals surface area (Å²) < 4.78 is 0. The smallest absolute Gasteiger partial charge is 0.327 e. The number of aryl methyl sites for hydroxylation is 1. The van der Waals surface area contributed by atoms with Crippen molar-refractivity contribution in [3.8, 4) is 0 Å². The fourth-order valence-electron chi connectivity index (χ4n) is 1.69. The molecule has 82 valence electrons. The number of aromatic amines is 1. The number of carboxylic acids is 1. The third kappa shape index (κ3) is 2.51. The van der Waals surface area contributed by atoms with Crippen LogP contribution in [0.4, 0.5) is 0 Å². The Morgan fingerprint density at radius 3 is 2.94 bits per heavy atom. The molecule has 0 aliphatic carbocycles. The van der Waals surface area contributed by atoms with E-state index in [4.69, 9.17) is 5.11 Å². The summed E-state index contributed by atoms with van der Waals surface area (Å²) >= 11 is 0. The predicted octanol–water partition coefficient (Wildman–Crippen LogP) is 2.74. The van der Waals surface area contributed by atoms with Gasteiger partial charge in [-0.2, -0.15) is 0 Å².